The van der Waals surface area contributed by atoms with Crippen LogP contribution in [0, 0.1) is 22.9 Å². The smallest absolute Gasteiger partial charge is 0.270 e. The highest BCUT2D eigenvalue weighted by molar-refractivity contribution is 6.31. The van der Waals surface area contributed by atoms with E-state index in [9.17, 15) is 28.9 Å². The average molecular weight is 480 g/mol. The molecule has 3 aromatic rings. The summed E-state index contributed by atoms with van der Waals surface area (Å²) in [5, 5.41) is 11.6. The molecule has 5 rings (SSSR count). The third-order valence-corrected chi connectivity index (χ3v) is 6.32. The molecule has 10 heteroatoms. The van der Waals surface area contributed by atoms with E-state index in [2.05, 4.69) is 0 Å². The summed E-state index contributed by atoms with van der Waals surface area (Å²) >= 11 is 6.06. The number of non-ortho nitro benzene ring substituents is 1. The number of carbonyl (C=O) groups is 3. The Hall–Kier alpha value is -4.11. The zero-order valence-corrected chi connectivity index (χ0v) is 18.3. The predicted molar refractivity (Wildman–Crippen MR) is 120 cm³/mol. The molecule has 1 fully saturated rings. The second kappa shape index (κ2) is 7.74. The second-order valence-electron chi connectivity index (χ2n) is 8.05. The minimum atomic E-state index is -1.20. The van der Waals surface area contributed by atoms with Gasteiger partial charge in [0, 0.05) is 22.8 Å². The molecule has 0 aliphatic carbocycles. The van der Waals surface area contributed by atoms with E-state index in [0.717, 1.165) is 17.0 Å². The maximum absolute atomic E-state index is 13.6. The number of carbonyl (C=O) groups excluding carboxylic acids is 3. The minimum absolute atomic E-state index is 0.0117. The van der Waals surface area contributed by atoms with Crippen LogP contribution in [-0.4, -0.2) is 33.6 Å². The van der Waals surface area contributed by atoms with Crippen molar-refractivity contribution >= 4 is 40.7 Å². The Morgan fingerprint density at radius 2 is 1.56 bits per heavy atom. The molecule has 0 N–H and O–H groups in total. The SMILES string of the molecule is Cc1cc(Cl)ccc1N1C(=O)[C@@H](N2C(=O)c3ccc([N+](=O)[O-])cc3C2=O)[C@H]1c1ccc(F)cc1. The molecule has 0 unspecified atom stereocenters. The number of nitro groups is 1. The zero-order valence-electron chi connectivity index (χ0n) is 17.6. The van der Waals surface area contributed by atoms with Gasteiger partial charge in [-0.1, -0.05) is 23.7 Å². The van der Waals surface area contributed by atoms with E-state index in [0.29, 0.717) is 21.8 Å². The van der Waals surface area contributed by atoms with Crippen molar-refractivity contribution in [3.05, 3.63) is 104 Å². The van der Waals surface area contributed by atoms with E-state index in [1.807, 2.05) is 0 Å². The van der Waals surface area contributed by atoms with Crippen LogP contribution in [0.15, 0.2) is 60.7 Å². The molecule has 0 bridgehead atoms. The first-order valence-corrected chi connectivity index (χ1v) is 10.6. The highest BCUT2D eigenvalue weighted by Gasteiger charge is 2.57. The number of imide groups is 1. The fraction of sp³-hybridized carbons (Fsp3) is 0.125. The lowest BCUT2D eigenvalue weighted by molar-refractivity contribution is -0.384. The molecular weight excluding hydrogens is 465 g/mol. The standard InChI is InChI=1S/C24H15ClFN3O5/c1-12-10-14(25)4-9-19(12)27-20(13-2-5-15(26)6-3-13)21(24(27)32)28-22(30)17-8-7-16(29(33)34)11-18(17)23(28)31/h2-11,20-21H,1H3/t20-,21+/m1/s1. The maximum atomic E-state index is 13.6. The van der Waals surface area contributed by atoms with Crippen molar-refractivity contribution in [3.8, 4) is 0 Å². The first kappa shape index (κ1) is 21.7. The fourth-order valence-electron chi connectivity index (χ4n) is 4.49. The average Bonchev–Trinajstić information content (AvgIpc) is 3.04. The number of nitrogens with zero attached hydrogens (tertiary/aromatic N) is 3. The maximum Gasteiger partial charge on any atom is 0.270 e. The van der Waals surface area contributed by atoms with Gasteiger partial charge in [-0.15, -0.1) is 0 Å². The van der Waals surface area contributed by atoms with Gasteiger partial charge < -0.3 is 4.90 Å². The quantitative estimate of drug-likeness (QED) is 0.238. The molecule has 170 valence electrons. The van der Waals surface area contributed by atoms with Crippen LogP contribution in [0.2, 0.25) is 5.02 Å². The summed E-state index contributed by atoms with van der Waals surface area (Å²) in [6.07, 6.45) is 0. The van der Waals surface area contributed by atoms with Gasteiger partial charge in [0.2, 0.25) is 0 Å². The molecule has 3 aromatic carbocycles. The van der Waals surface area contributed by atoms with E-state index < -0.39 is 40.5 Å². The Balaban J connectivity index is 1.59. The van der Waals surface area contributed by atoms with Gasteiger partial charge in [-0.3, -0.25) is 29.4 Å². The number of amides is 3. The van der Waals surface area contributed by atoms with Gasteiger partial charge in [-0.2, -0.15) is 0 Å². The molecule has 2 aliphatic rings. The number of hydrogen-bond donors (Lipinski definition) is 0. The summed E-state index contributed by atoms with van der Waals surface area (Å²) in [6, 6.07) is 11.8. The number of anilines is 1. The molecule has 2 atom stereocenters. The topological polar surface area (TPSA) is 101 Å². The van der Waals surface area contributed by atoms with Gasteiger partial charge in [0.05, 0.1) is 22.1 Å². The molecular formula is C24H15ClFN3O5. The van der Waals surface area contributed by atoms with Gasteiger partial charge in [-0.05, 0) is 54.4 Å². The molecule has 0 spiro atoms. The molecule has 0 aromatic heterocycles. The van der Waals surface area contributed by atoms with Crippen molar-refractivity contribution in [1.29, 1.82) is 0 Å². The van der Waals surface area contributed by atoms with Crippen LogP contribution in [0.4, 0.5) is 15.8 Å². The zero-order chi connectivity index (χ0) is 24.3. The van der Waals surface area contributed by atoms with E-state index >= 15 is 0 Å². The molecule has 0 saturated carbocycles. The van der Waals surface area contributed by atoms with Crippen molar-refractivity contribution < 1.29 is 23.7 Å². The fourth-order valence-corrected chi connectivity index (χ4v) is 4.71. The van der Waals surface area contributed by atoms with E-state index in [1.165, 1.54) is 35.2 Å². The van der Waals surface area contributed by atoms with Crippen molar-refractivity contribution in [1.82, 2.24) is 4.90 Å². The lowest BCUT2D eigenvalue weighted by Gasteiger charge is -2.50. The van der Waals surface area contributed by atoms with Crippen LogP contribution in [0.1, 0.15) is 37.9 Å². The van der Waals surface area contributed by atoms with E-state index in [1.54, 1.807) is 25.1 Å². The van der Waals surface area contributed by atoms with Crippen molar-refractivity contribution in [2.75, 3.05) is 4.90 Å². The van der Waals surface area contributed by atoms with Crippen LogP contribution < -0.4 is 4.90 Å². The van der Waals surface area contributed by atoms with Crippen LogP contribution in [-0.2, 0) is 4.79 Å². The molecule has 3 amide bonds. The Labute approximate surface area is 197 Å². The number of hydrogen-bond acceptors (Lipinski definition) is 5. The largest absolute Gasteiger partial charge is 0.300 e. The number of β-lactam (4-membered cyclic amide) rings is 1. The minimum Gasteiger partial charge on any atom is -0.300 e. The number of rotatable bonds is 4. The number of fused-ring (bicyclic) bond motifs is 1. The lowest BCUT2D eigenvalue weighted by Crippen LogP contribution is -2.67. The first-order valence-electron chi connectivity index (χ1n) is 10.2. The summed E-state index contributed by atoms with van der Waals surface area (Å²) < 4.78 is 13.6. The van der Waals surface area contributed by atoms with Crippen molar-refractivity contribution in [2.24, 2.45) is 0 Å². The molecule has 1 saturated heterocycles. The molecule has 34 heavy (non-hydrogen) atoms. The van der Waals surface area contributed by atoms with E-state index in [4.69, 9.17) is 11.6 Å². The summed E-state index contributed by atoms with van der Waals surface area (Å²) in [6.45, 7) is 1.77. The first-order chi connectivity index (χ1) is 16.2. The van der Waals surface area contributed by atoms with Crippen molar-refractivity contribution in [2.45, 2.75) is 19.0 Å². The number of nitro benzene ring substituents is 1. The van der Waals surface area contributed by atoms with Crippen LogP contribution in [0.3, 0.4) is 0 Å². The van der Waals surface area contributed by atoms with Gasteiger partial charge in [-0.25, -0.2) is 4.39 Å². The highest BCUT2D eigenvalue weighted by Crippen LogP contribution is 2.45. The van der Waals surface area contributed by atoms with Gasteiger partial charge in [0.25, 0.3) is 23.4 Å². The second-order valence-corrected chi connectivity index (χ2v) is 8.48. The normalized spacial score (nSPS) is 19.3. The number of halogens is 2. The Kier molecular flexibility index (Phi) is 4.94. The van der Waals surface area contributed by atoms with Crippen molar-refractivity contribution in [3.63, 3.8) is 0 Å². The third-order valence-electron chi connectivity index (χ3n) is 6.09. The Morgan fingerprint density at radius 1 is 0.882 bits per heavy atom. The molecule has 8 nitrogen and oxygen atoms in total. The van der Waals surface area contributed by atoms with Crippen LogP contribution in [0.5, 0.6) is 0 Å². The molecule has 2 aliphatic heterocycles. The van der Waals surface area contributed by atoms with E-state index in [-0.39, 0.29) is 16.8 Å². The third kappa shape index (κ3) is 3.16. The lowest BCUT2D eigenvalue weighted by atomic mass is 9.85. The monoisotopic (exact) mass is 479 g/mol. The number of benzene rings is 3. The summed E-state index contributed by atoms with van der Waals surface area (Å²) in [5.41, 5.74) is 1.27. The predicted octanol–water partition coefficient (Wildman–Crippen LogP) is 4.45. The van der Waals surface area contributed by atoms with Gasteiger partial charge >= 0.3 is 0 Å². The summed E-state index contributed by atoms with van der Waals surface area (Å²) in [5.74, 6) is -2.49. The van der Waals surface area contributed by atoms with Crippen LogP contribution in [0.25, 0.3) is 0 Å². The van der Waals surface area contributed by atoms with Crippen LogP contribution >= 0.6 is 11.6 Å². The molecule has 0 radical (unpaired) electrons. The Bertz CT molecular complexity index is 1410. The Morgan fingerprint density at radius 3 is 2.21 bits per heavy atom. The summed E-state index contributed by atoms with van der Waals surface area (Å²) in [4.78, 5) is 52.5. The summed E-state index contributed by atoms with van der Waals surface area (Å²) in [7, 11) is 0. The van der Waals surface area contributed by atoms with Gasteiger partial charge in [0.1, 0.15) is 11.9 Å². The number of aryl methyl sites for hydroxylation is 1. The highest BCUT2D eigenvalue weighted by atomic mass is 35.5. The van der Waals surface area contributed by atoms with Gasteiger partial charge in [0.15, 0.2) is 0 Å². The molecule has 2 heterocycles.